The molecule has 3 heterocycles. The van der Waals surface area contributed by atoms with Gasteiger partial charge in [-0.25, -0.2) is 12.7 Å². The maximum atomic E-state index is 12.1. The van der Waals surface area contributed by atoms with Crippen molar-refractivity contribution in [2.45, 2.75) is 11.6 Å². The Morgan fingerprint density at radius 3 is 2.76 bits per heavy atom. The highest BCUT2D eigenvalue weighted by Gasteiger charge is 2.24. The molecule has 0 saturated carbocycles. The molecule has 0 spiro atoms. The summed E-state index contributed by atoms with van der Waals surface area (Å²) in [5.41, 5.74) is 0.0694. The van der Waals surface area contributed by atoms with Crippen LogP contribution in [0, 0.1) is 11.3 Å². The molecule has 0 bridgehead atoms. The minimum absolute atomic E-state index is 0.0328. The molecule has 25 heavy (non-hydrogen) atoms. The van der Waals surface area contributed by atoms with Gasteiger partial charge in [-0.15, -0.1) is 11.3 Å². The van der Waals surface area contributed by atoms with E-state index in [4.69, 9.17) is 8.83 Å². The van der Waals surface area contributed by atoms with Gasteiger partial charge in [-0.2, -0.15) is 10.2 Å². The average molecular weight is 378 g/mol. The zero-order chi connectivity index (χ0) is 18.0. The predicted molar refractivity (Wildman–Crippen MR) is 91.4 cm³/mol. The van der Waals surface area contributed by atoms with E-state index in [1.807, 2.05) is 23.6 Å². The lowest BCUT2D eigenvalue weighted by Gasteiger charge is -2.07. The molecule has 0 aliphatic carbocycles. The van der Waals surface area contributed by atoms with Crippen molar-refractivity contribution in [2.24, 2.45) is 0 Å². The van der Waals surface area contributed by atoms with E-state index in [0.29, 0.717) is 6.54 Å². The number of thiophene rings is 1. The van der Waals surface area contributed by atoms with E-state index < -0.39 is 10.0 Å². The van der Waals surface area contributed by atoms with Gasteiger partial charge in [0.15, 0.2) is 5.76 Å². The summed E-state index contributed by atoms with van der Waals surface area (Å²) in [5.74, 6) is 0.367. The summed E-state index contributed by atoms with van der Waals surface area (Å²) in [4.78, 5) is 5.12. The Morgan fingerprint density at radius 2 is 2.12 bits per heavy atom. The van der Waals surface area contributed by atoms with Crippen LogP contribution in [0.2, 0.25) is 0 Å². The molecule has 0 aromatic carbocycles. The smallest absolute Gasteiger partial charge is 0.275 e. The summed E-state index contributed by atoms with van der Waals surface area (Å²) in [6, 6.07) is 8.57. The lowest BCUT2D eigenvalue weighted by Crippen LogP contribution is -2.21. The molecule has 0 unspecified atom stereocenters. The summed E-state index contributed by atoms with van der Waals surface area (Å²) < 4.78 is 36.0. The Kier molecular flexibility index (Phi) is 4.63. The first-order valence-corrected chi connectivity index (χ1v) is 9.43. The minimum Gasteiger partial charge on any atom is -0.438 e. The Hall–Kier alpha value is -2.61. The van der Waals surface area contributed by atoms with Gasteiger partial charge in [-0.3, -0.25) is 0 Å². The standard InChI is InChI=1S/C15H14N4O4S2/c1-19(2)25(20,21)13-6-5-12(22-13)15-18-11(8-16)14(23-15)17-9-10-4-3-7-24-10/h3-7,17H,9H2,1-2H3. The summed E-state index contributed by atoms with van der Waals surface area (Å²) >= 11 is 1.57. The summed E-state index contributed by atoms with van der Waals surface area (Å²) in [6.07, 6.45) is 0. The predicted octanol–water partition coefficient (Wildman–Crippen LogP) is 2.73. The molecule has 3 aromatic rings. The van der Waals surface area contributed by atoms with Crippen LogP contribution < -0.4 is 5.32 Å². The molecule has 130 valence electrons. The molecule has 0 aliphatic heterocycles. The van der Waals surface area contributed by atoms with Gasteiger partial charge in [-0.05, 0) is 23.6 Å². The second-order valence-corrected chi connectivity index (χ2v) is 8.26. The number of hydrogen-bond donors (Lipinski definition) is 1. The van der Waals surface area contributed by atoms with Crippen LogP contribution in [-0.4, -0.2) is 31.8 Å². The highest BCUT2D eigenvalue weighted by Crippen LogP contribution is 2.29. The van der Waals surface area contributed by atoms with E-state index >= 15 is 0 Å². The molecule has 3 aromatic heterocycles. The van der Waals surface area contributed by atoms with Crippen molar-refractivity contribution in [3.63, 3.8) is 0 Å². The van der Waals surface area contributed by atoms with Crippen LogP contribution in [0.25, 0.3) is 11.7 Å². The van der Waals surface area contributed by atoms with Crippen molar-refractivity contribution >= 4 is 27.2 Å². The number of oxazole rings is 1. The van der Waals surface area contributed by atoms with Crippen molar-refractivity contribution in [1.82, 2.24) is 9.29 Å². The summed E-state index contributed by atoms with van der Waals surface area (Å²) in [7, 11) is -0.883. The Balaban J connectivity index is 1.86. The Bertz CT molecular complexity index is 1010. The van der Waals surface area contributed by atoms with Crippen molar-refractivity contribution in [2.75, 3.05) is 19.4 Å². The highest BCUT2D eigenvalue weighted by molar-refractivity contribution is 7.88. The third-order valence-corrected chi connectivity index (χ3v) is 5.83. The van der Waals surface area contributed by atoms with Crippen molar-refractivity contribution in [3.05, 3.63) is 40.2 Å². The first kappa shape index (κ1) is 17.2. The average Bonchev–Trinajstić information content (AvgIpc) is 3.31. The summed E-state index contributed by atoms with van der Waals surface area (Å²) in [5, 5.41) is 13.9. The van der Waals surface area contributed by atoms with E-state index in [9.17, 15) is 13.7 Å². The van der Waals surface area contributed by atoms with Crippen molar-refractivity contribution < 1.29 is 17.3 Å². The van der Waals surface area contributed by atoms with Crippen LogP contribution in [0.3, 0.4) is 0 Å². The van der Waals surface area contributed by atoms with Crippen molar-refractivity contribution in [3.8, 4) is 17.7 Å². The lowest BCUT2D eigenvalue weighted by molar-refractivity contribution is 0.423. The van der Waals surface area contributed by atoms with Crippen LogP contribution in [0.15, 0.2) is 43.6 Å². The third kappa shape index (κ3) is 3.43. The van der Waals surface area contributed by atoms with Gasteiger partial charge in [-0.1, -0.05) is 6.07 Å². The van der Waals surface area contributed by atoms with Gasteiger partial charge < -0.3 is 14.2 Å². The van der Waals surface area contributed by atoms with Gasteiger partial charge in [0.1, 0.15) is 6.07 Å². The molecule has 0 atom stereocenters. The molecule has 0 radical (unpaired) electrons. The molecule has 0 saturated heterocycles. The van der Waals surface area contributed by atoms with E-state index in [0.717, 1.165) is 9.18 Å². The van der Waals surface area contributed by atoms with Crippen molar-refractivity contribution in [1.29, 1.82) is 5.26 Å². The number of hydrogen-bond acceptors (Lipinski definition) is 8. The molecule has 3 rings (SSSR count). The van der Waals surface area contributed by atoms with E-state index in [1.165, 1.54) is 26.2 Å². The van der Waals surface area contributed by atoms with E-state index in [2.05, 4.69) is 10.3 Å². The molecular formula is C15H14N4O4S2. The van der Waals surface area contributed by atoms with E-state index in [1.54, 1.807) is 11.3 Å². The maximum Gasteiger partial charge on any atom is 0.275 e. The normalized spacial score (nSPS) is 11.6. The number of nitrogens with zero attached hydrogens (tertiary/aromatic N) is 3. The molecule has 10 heteroatoms. The van der Waals surface area contributed by atoms with Crippen LogP contribution >= 0.6 is 11.3 Å². The quantitative estimate of drug-likeness (QED) is 0.701. The SMILES string of the molecule is CN(C)S(=O)(=O)c1ccc(-c2nc(C#N)c(NCc3cccs3)o2)o1. The van der Waals surface area contributed by atoms with E-state index in [-0.39, 0.29) is 28.3 Å². The number of nitrogens with one attached hydrogen (secondary N) is 1. The molecule has 0 aliphatic rings. The number of rotatable bonds is 6. The van der Waals surface area contributed by atoms with Gasteiger partial charge in [0.25, 0.3) is 15.9 Å². The molecule has 0 amide bonds. The fourth-order valence-electron chi connectivity index (χ4n) is 1.96. The highest BCUT2D eigenvalue weighted by atomic mass is 32.2. The number of aromatic nitrogens is 1. The summed E-state index contributed by atoms with van der Waals surface area (Å²) in [6.45, 7) is 0.486. The fourth-order valence-corrected chi connectivity index (χ4v) is 3.39. The van der Waals surface area contributed by atoms with Crippen LogP contribution in [0.5, 0.6) is 0 Å². The largest absolute Gasteiger partial charge is 0.438 e. The van der Waals surface area contributed by atoms with Crippen LogP contribution in [0.1, 0.15) is 10.6 Å². The Morgan fingerprint density at radius 1 is 1.32 bits per heavy atom. The molecule has 8 nitrogen and oxygen atoms in total. The second kappa shape index (κ2) is 6.72. The van der Waals surface area contributed by atoms with Crippen LogP contribution in [-0.2, 0) is 16.6 Å². The monoisotopic (exact) mass is 378 g/mol. The van der Waals surface area contributed by atoms with Gasteiger partial charge in [0.2, 0.25) is 16.7 Å². The van der Waals surface area contributed by atoms with Gasteiger partial charge in [0, 0.05) is 19.0 Å². The zero-order valence-electron chi connectivity index (χ0n) is 13.4. The third-order valence-electron chi connectivity index (χ3n) is 3.26. The topological polar surface area (TPSA) is 112 Å². The number of nitriles is 1. The Labute approximate surface area is 148 Å². The zero-order valence-corrected chi connectivity index (χ0v) is 15.0. The lowest BCUT2D eigenvalue weighted by atomic mass is 10.4. The van der Waals surface area contributed by atoms with Gasteiger partial charge >= 0.3 is 0 Å². The number of sulfonamides is 1. The molecule has 1 N–H and O–H groups in total. The number of furan rings is 1. The first-order valence-electron chi connectivity index (χ1n) is 7.11. The number of anilines is 1. The molecular weight excluding hydrogens is 364 g/mol. The van der Waals surface area contributed by atoms with Crippen LogP contribution in [0.4, 0.5) is 5.88 Å². The fraction of sp³-hybridized carbons (Fsp3) is 0.200. The maximum absolute atomic E-state index is 12.1. The first-order chi connectivity index (χ1) is 11.9. The second-order valence-electron chi connectivity index (χ2n) is 5.15. The minimum atomic E-state index is -3.69. The molecule has 0 fully saturated rings. The van der Waals surface area contributed by atoms with Gasteiger partial charge in [0.05, 0.1) is 6.54 Å².